The quantitative estimate of drug-likeness (QED) is 0.641. The lowest BCUT2D eigenvalue weighted by Crippen LogP contribution is -2.44. The van der Waals surface area contributed by atoms with Gasteiger partial charge in [-0.2, -0.15) is 18.2 Å². The second-order valence-corrected chi connectivity index (χ2v) is 6.04. The lowest BCUT2D eigenvalue weighted by Gasteiger charge is -2.31. The van der Waals surface area contributed by atoms with Crippen molar-refractivity contribution in [1.82, 2.24) is 4.90 Å². The molecule has 0 amide bonds. The highest BCUT2D eigenvalue weighted by atomic mass is 19.4. The summed E-state index contributed by atoms with van der Waals surface area (Å²) in [5.74, 6) is 0.797. The van der Waals surface area contributed by atoms with E-state index >= 15 is 0 Å². The summed E-state index contributed by atoms with van der Waals surface area (Å²) < 4.78 is 38.0. The number of alkyl halides is 3. The topological polar surface area (TPSA) is 80.0 Å². The summed E-state index contributed by atoms with van der Waals surface area (Å²) >= 11 is 0. The molecule has 2 rings (SSSR count). The number of nitrogens with zero attached hydrogens (tertiary/aromatic N) is 3. The zero-order valence-corrected chi connectivity index (χ0v) is 13.6. The van der Waals surface area contributed by atoms with E-state index < -0.39 is 11.7 Å². The first-order valence-electron chi connectivity index (χ1n) is 7.81. The number of guanidine groups is 2. The fourth-order valence-corrected chi connectivity index (χ4v) is 2.64. The molecule has 1 heterocycles. The van der Waals surface area contributed by atoms with Gasteiger partial charge in [-0.1, -0.05) is 19.1 Å². The van der Waals surface area contributed by atoms with Gasteiger partial charge in [0.25, 0.3) is 0 Å². The van der Waals surface area contributed by atoms with E-state index in [0.717, 1.165) is 38.1 Å². The summed E-state index contributed by atoms with van der Waals surface area (Å²) in [5.41, 5.74) is 11.4. The molecule has 1 atom stereocenters. The van der Waals surface area contributed by atoms with Crippen LogP contribution in [0.4, 0.5) is 13.2 Å². The second-order valence-electron chi connectivity index (χ2n) is 6.04. The minimum absolute atomic E-state index is 0.0168. The standard InChI is InChI=1S/C16H22F3N5/c1-11-4-3-7-24(10-11)15(21)23-14(20)22-9-12-5-2-6-13(8-12)16(17,18)19/h2,5-6,8,11H,3-4,7,9-10H2,1H3,(H4,20,21,22,23). The summed E-state index contributed by atoms with van der Waals surface area (Å²) in [4.78, 5) is 10.00. The van der Waals surface area contributed by atoms with E-state index in [0.29, 0.717) is 17.4 Å². The minimum atomic E-state index is -4.38. The van der Waals surface area contributed by atoms with Gasteiger partial charge in [-0.05, 0) is 36.5 Å². The van der Waals surface area contributed by atoms with Gasteiger partial charge >= 0.3 is 6.18 Å². The summed E-state index contributed by atoms with van der Waals surface area (Å²) in [6, 6.07) is 4.97. The van der Waals surface area contributed by atoms with Crippen molar-refractivity contribution < 1.29 is 13.2 Å². The molecule has 0 bridgehead atoms. The molecule has 1 aromatic rings. The van der Waals surface area contributed by atoms with Crippen molar-refractivity contribution in [2.75, 3.05) is 13.1 Å². The van der Waals surface area contributed by atoms with Crippen molar-refractivity contribution in [2.45, 2.75) is 32.5 Å². The molecule has 4 N–H and O–H groups in total. The van der Waals surface area contributed by atoms with Gasteiger partial charge < -0.3 is 16.4 Å². The molecule has 132 valence electrons. The Labute approximate surface area is 139 Å². The Hall–Kier alpha value is -2.25. The number of aliphatic imine (C=N–C) groups is 2. The normalized spacial score (nSPS) is 20.3. The Balaban J connectivity index is 2.02. The first-order valence-corrected chi connectivity index (χ1v) is 7.81. The molecule has 8 heteroatoms. The predicted molar refractivity (Wildman–Crippen MR) is 88.4 cm³/mol. The van der Waals surface area contributed by atoms with Crippen molar-refractivity contribution in [2.24, 2.45) is 27.4 Å². The Morgan fingerprint density at radius 3 is 2.75 bits per heavy atom. The Kier molecular flexibility index (Phi) is 5.69. The fourth-order valence-electron chi connectivity index (χ4n) is 2.64. The molecule has 1 aliphatic heterocycles. The van der Waals surface area contributed by atoms with Gasteiger partial charge in [0.05, 0.1) is 12.1 Å². The molecule has 1 unspecified atom stereocenters. The highest BCUT2D eigenvalue weighted by Gasteiger charge is 2.30. The molecular weight excluding hydrogens is 319 g/mol. The van der Waals surface area contributed by atoms with Crippen LogP contribution >= 0.6 is 0 Å². The van der Waals surface area contributed by atoms with Gasteiger partial charge in [0.1, 0.15) is 0 Å². The first-order chi connectivity index (χ1) is 11.3. The number of halogens is 3. The maximum Gasteiger partial charge on any atom is 0.416 e. The number of nitrogens with two attached hydrogens (primary N) is 2. The maximum absolute atomic E-state index is 12.7. The molecule has 0 saturated carbocycles. The van der Waals surface area contributed by atoms with Crippen LogP contribution in [0.15, 0.2) is 34.3 Å². The van der Waals surface area contributed by atoms with Gasteiger partial charge in [0.15, 0.2) is 5.96 Å². The number of rotatable bonds is 2. The van der Waals surface area contributed by atoms with Gasteiger partial charge in [-0.15, -0.1) is 0 Å². The summed E-state index contributed by atoms with van der Waals surface area (Å²) in [5, 5.41) is 0. The Morgan fingerprint density at radius 2 is 2.08 bits per heavy atom. The third-order valence-corrected chi connectivity index (χ3v) is 3.89. The van der Waals surface area contributed by atoms with Crippen molar-refractivity contribution in [3.05, 3.63) is 35.4 Å². The van der Waals surface area contributed by atoms with Crippen LogP contribution in [0, 0.1) is 5.92 Å². The molecule has 0 spiro atoms. The zero-order chi connectivity index (χ0) is 17.7. The molecule has 0 radical (unpaired) electrons. The molecule has 1 aromatic carbocycles. The van der Waals surface area contributed by atoms with E-state index in [2.05, 4.69) is 16.9 Å². The number of hydrogen-bond donors (Lipinski definition) is 2. The third-order valence-electron chi connectivity index (χ3n) is 3.89. The van der Waals surface area contributed by atoms with E-state index in [1.807, 2.05) is 4.90 Å². The van der Waals surface area contributed by atoms with Crippen LogP contribution in [0.5, 0.6) is 0 Å². The van der Waals surface area contributed by atoms with Crippen LogP contribution in [-0.2, 0) is 12.7 Å². The average molecular weight is 341 g/mol. The lowest BCUT2D eigenvalue weighted by molar-refractivity contribution is -0.137. The van der Waals surface area contributed by atoms with Gasteiger partial charge in [0, 0.05) is 13.1 Å². The SMILES string of the molecule is CC1CCCN(C(N)=NC(N)=NCc2cccc(C(F)(F)F)c2)C1. The van der Waals surface area contributed by atoms with Gasteiger partial charge in [-0.3, -0.25) is 0 Å². The van der Waals surface area contributed by atoms with E-state index in [1.54, 1.807) is 6.07 Å². The molecule has 1 aliphatic rings. The average Bonchev–Trinajstić information content (AvgIpc) is 2.52. The van der Waals surface area contributed by atoms with Crippen molar-refractivity contribution in [3.8, 4) is 0 Å². The van der Waals surface area contributed by atoms with Gasteiger partial charge in [0.2, 0.25) is 5.96 Å². The van der Waals surface area contributed by atoms with Crippen LogP contribution < -0.4 is 11.5 Å². The number of hydrogen-bond acceptors (Lipinski definition) is 1. The highest BCUT2D eigenvalue weighted by molar-refractivity contribution is 5.93. The molecule has 0 aliphatic carbocycles. The lowest BCUT2D eigenvalue weighted by atomic mass is 10.0. The Bertz CT molecular complexity index is 624. The first kappa shape index (κ1) is 18.1. The van der Waals surface area contributed by atoms with E-state index in [1.165, 1.54) is 6.07 Å². The largest absolute Gasteiger partial charge is 0.416 e. The van der Waals surface area contributed by atoms with Crippen LogP contribution in [0.25, 0.3) is 0 Å². The fraction of sp³-hybridized carbons (Fsp3) is 0.500. The van der Waals surface area contributed by atoms with Crippen LogP contribution in [0.1, 0.15) is 30.9 Å². The number of likely N-dealkylation sites (tertiary alicyclic amines) is 1. The Morgan fingerprint density at radius 1 is 1.33 bits per heavy atom. The molecule has 0 aromatic heterocycles. The van der Waals surface area contributed by atoms with Crippen LogP contribution in [0.3, 0.4) is 0 Å². The van der Waals surface area contributed by atoms with E-state index in [4.69, 9.17) is 11.5 Å². The molecule has 24 heavy (non-hydrogen) atoms. The number of piperidine rings is 1. The molecular formula is C16H22F3N5. The summed E-state index contributed by atoms with van der Waals surface area (Å²) in [7, 11) is 0. The maximum atomic E-state index is 12.7. The van der Waals surface area contributed by atoms with Crippen molar-refractivity contribution >= 4 is 11.9 Å². The van der Waals surface area contributed by atoms with Gasteiger partial charge in [-0.25, -0.2) is 4.99 Å². The van der Waals surface area contributed by atoms with E-state index in [9.17, 15) is 13.2 Å². The van der Waals surface area contributed by atoms with Crippen LogP contribution in [-0.4, -0.2) is 29.9 Å². The summed E-state index contributed by atoms with van der Waals surface area (Å²) in [6.45, 7) is 3.80. The van der Waals surface area contributed by atoms with Crippen molar-refractivity contribution in [3.63, 3.8) is 0 Å². The van der Waals surface area contributed by atoms with Crippen molar-refractivity contribution in [1.29, 1.82) is 0 Å². The summed E-state index contributed by atoms with van der Waals surface area (Å²) in [6.07, 6.45) is -2.18. The highest BCUT2D eigenvalue weighted by Crippen LogP contribution is 2.29. The predicted octanol–water partition coefficient (Wildman–Crippen LogP) is 2.57. The van der Waals surface area contributed by atoms with Crippen LogP contribution in [0.2, 0.25) is 0 Å². The molecule has 1 fully saturated rings. The molecule has 5 nitrogen and oxygen atoms in total. The third kappa shape index (κ3) is 5.14. The monoisotopic (exact) mass is 341 g/mol. The van der Waals surface area contributed by atoms with E-state index in [-0.39, 0.29) is 12.5 Å². The minimum Gasteiger partial charge on any atom is -0.369 e. The zero-order valence-electron chi connectivity index (χ0n) is 13.6. The smallest absolute Gasteiger partial charge is 0.369 e. The number of benzene rings is 1. The second kappa shape index (κ2) is 7.55. The molecule has 1 saturated heterocycles.